The van der Waals surface area contributed by atoms with Crippen molar-refractivity contribution in [3.63, 3.8) is 0 Å². The molecule has 2 aromatic carbocycles. The maximum Gasteiger partial charge on any atom is 0.153 e. The molecule has 0 spiro atoms. The van der Waals surface area contributed by atoms with Gasteiger partial charge >= 0.3 is 0 Å². The molecule has 0 saturated carbocycles. The van der Waals surface area contributed by atoms with Gasteiger partial charge in [-0.15, -0.1) is 0 Å². The molecule has 0 aliphatic rings. The van der Waals surface area contributed by atoms with Gasteiger partial charge in [-0.3, -0.25) is 0 Å². The molecule has 1 aromatic heterocycles. The number of fused-ring (bicyclic) bond motifs is 1. The summed E-state index contributed by atoms with van der Waals surface area (Å²) in [4.78, 5) is 9.56. The van der Waals surface area contributed by atoms with Gasteiger partial charge in [0.25, 0.3) is 0 Å². The molecule has 0 radical (unpaired) electrons. The lowest BCUT2D eigenvalue weighted by molar-refractivity contribution is 0.970. The lowest BCUT2D eigenvalue weighted by Gasteiger charge is -2.12. The van der Waals surface area contributed by atoms with Crippen LogP contribution in [0.25, 0.3) is 22.3 Å². The summed E-state index contributed by atoms with van der Waals surface area (Å²) in [5.41, 5.74) is 5.10. The highest BCUT2D eigenvalue weighted by atomic mass is 15.0. The molecule has 3 nitrogen and oxygen atoms in total. The average Bonchev–Trinajstić information content (AvgIpc) is 2.52. The second-order valence-corrected chi connectivity index (χ2v) is 5.21. The molecule has 0 aliphatic heterocycles. The highest BCUT2D eigenvalue weighted by Gasteiger charge is 2.10. The van der Waals surface area contributed by atoms with Gasteiger partial charge in [-0.2, -0.15) is 0 Å². The van der Waals surface area contributed by atoms with Gasteiger partial charge in [0.15, 0.2) is 5.82 Å². The Morgan fingerprint density at radius 3 is 2.43 bits per heavy atom. The fourth-order valence-corrected chi connectivity index (χ4v) is 2.36. The van der Waals surface area contributed by atoms with E-state index in [1.54, 1.807) is 0 Å². The van der Waals surface area contributed by atoms with Crippen molar-refractivity contribution in [3.8, 4) is 11.3 Å². The summed E-state index contributed by atoms with van der Waals surface area (Å²) in [6.07, 6.45) is 1.06. The van der Waals surface area contributed by atoms with Crippen molar-refractivity contribution in [1.29, 1.82) is 0 Å². The predicted molar refractivity (Wildman–Crippen MR) is 88.5 cm³/mol. The number of hydrogen-bond acceptors (Lipinski definition) is 3. The van der Waals surface area contributed by atoms with Gasteiger partial charge in [-0.05, 0) is 31.5 Å². The minimum atomic E-state index is 0.862. The van der Waals surface area contributed by atoms with Crippen LogP contribution in [-0.2, 0) is 0 Å². The van der Waals surface area contributed by atoms with Crippen LogP contribution in [0.3, 0.4) is 0 Å². The lowest BCUT2D eigenvalue weighted by Crippen LogP contribution is -2.05. The van der Waals surface area contributed by atoms with Gasteiger partial charge in [-0.1, -0.05) is 42.8 Å². The molecule has 0 atom stereocenters. The molecule has 106 valence electrons. The van der Waals surface area contributed by atoms with Gasteiger partial charge in [0.1, 0.15) is 5.69 Å². The highest BCUT2D eigenvalue weighted by molar-refractivity contribution is 5.83. The van der Waals surface area contributed by atoms with Crippen LogP contribution in [0.4, 0.5) is 5.82 Å². The van der Waals surface area contributed by atoms with E-state index in [1.807, 2.05) is 24.3 Å². The Bertz CT molecular complexity index is 765. The summed E-state index contributed by atoms with van der Waals surface area (Å²) in [5.74, 6) is 0.862. The first-order valence-corrected chi connectivity index (χ1v) is 7.35. The SMILES string of the molecule is CCCNc1nc2ccccc2nc1-c1cccc(C)c1. The predicted octanol–water partition coefficient (Wildman–Crippen LogP) is 4.43. The molecule has 1 heterocycles. The molecular weight excluding hydrogens is 258 g/mol. The number of nitrogens with zero attached hydrogens (tertiary/aromatic N) is 2. The summed E-state index contributed by atoms with van der Waals surface area (Å²) < 4.78 is 0. The summed E-state index contributed by atoms with van der Waals surface area (Å²) in [6.45, 7) is 5.14. The number of aromatic nitrogens is 2. The Hall–Kier alpha value is -2.42. The van der Waals surface area contributed by atoms with Crippen LogP contribution < -0.4 is 5.32 Å². The first kappa shape index (κ1) is 13.6. The van der Waals surface area contributed by atoms with Gasteiger partial charge < -0.3 is 5.32 Å². The number of aryl methyl sites for hydroxylation is 1. The van der Waals surface area contributed by atoms with Crippen molar-refractivity contribution in [2.75, 3.05) is 11.9 Å². The van der Waals surface area contributed by atoms with Crippen LogP contribution in [0.15, 0.2) is 48.5 Å². The number of hydrogen-bond donors (Lipinski definition) is 1. The first-order valence-electron chi connectivity index (χ1n) is 7.35. The van der Waals surface area contributed by atoms with Gasteiger partial charge in [0, 0.05) is 12.1 Å². The zero-order valence-electron chi connectivity index (χ0n) is 12.4. The number of para-hydroxylation sites is 2. The summed E-state index contributed by atoms with van der Waals surface area (Å²) in [5, 5.41) is 3.40. The third-order valence-corrected chi connectivity index (χ3v) is 3.40. The second-order valence-electron chi connectivity index (χ2n) is 5.21. The van der Waals surface area contributed by atoms with Crippen molar-refractivity contribution < 1.29 is 0 Å². The zero-order chi connectivity index (χ0) is 14.7. The molecule has 3 heteroatoms. The van der Waals surface area contributed by atoms with E-state index in [0.717, 1.165) is 41.1 Å². The van der Waals surface area contributed by atoms with E-state index < -0.39 is 0 Å². The normalized spacial score (nSPS) is 10.8. The molecular formula is C18H19N3. The Balaban J connectivity index is 2.17. The van der Waals surface area contributed by atoms with Crippen LogP contribution in [0.1, 0.15) is 18.9 Å². The van der Waals surface area contributed by atoms with E-state index in [9.17, 15) is 0 Å². The second kappa shape index (κ2) is 5.92. The number of benzene rings is 2. The fourth-order valence-electron chi connectivity index (χ4n) is 2.36. The van der Waals surface area contributed by atoms with E-state index in [2.05, 4.69) is 43.4 Å². The molecule has 0 saturated heterocycles. The summed E-state index contributed by atoms with van der Waals surface area (Å²) >= 11 is 0. The van der Waals surface area contributed by atoms with Crippen LogP contribution >= 0.6 is 0 Å². The van der Waals surface area contributed by atoms with E-state index in [-0.39, 0.29) is 0 Å². The fraction of sp³-hybridized carbons (Fsp3) is 0.222. The standard InChI is InChI=1S/C18H19N3/c1-3-11-19-18-17(14-8-6-7-13(2)12-14)20-15-9-4-5-10-16(15)21-18/h4-10,12H,3,11H2,1-2H3,(H,19,21). The minimum Gasteiger partial charge on any atom is -0.368 e. The van der Waals surface area contributed by atoms with Crippen molar-refractivity contribution in [1.82, 2.24) is 9.97 Å². The monoisotopic (exact) mass is 277 g/mol. The molecule has 0 aliphatic carbocycles. The topological polar surface area (TPSA) is 37.8 Å². The van der Waals surface area contributed by atoms with Gasteiger partial charge in [0.05, 0.1) is 11.0 Å². The van der Waals surface area contributed by atoms with Crippen molar-refractivity contribution in [2.45, 2.75) is 20.3 Å². The van der Waals surface area contributed by atoms with Crippen molar-refractivity contribution in [2.24, 2.45) is 0 Å². The summed E-state index contributed by atoms with van der Waals surface area (Å²) in [6, 6.07) is 16.4. The third-order valence-electron chi connectivity index (χ3n) is 3.40. The van der Waals surface area contributed by atoms with Crippen LogP contribution in [0, 0.1) is 6.92 Å². The molecule has 0 amide bonds. The molecule has 3 rings (SSSR count). The third kappa shape index (κ3) is 2.87. The van der Waals surface area contributed by atoms with Crippen LogP contribution in [0.2, 0.25) is 0 Å². The van der Waals surface area contributed by atoms with E-state index >= 15 is 0 Å². The van der Waals surface area contributed by atoms with E-state index in [0.29, 0.717) is 0 Å². The van der Waals surface area contributed by atoms with Gasteiger partial charge in [0.2, 0.25) is 0 Å². The van der Waals surface area contributed by atoms with E-state index in [4.69, 9.17) is 9.97 Å². The number of anilines is 1. The molecule has 0 unspecified atom stereocenters. The minimum absolute atomic E-state index is 0.862. The maximum absolute atomic E-state index is 4.81. The molecule has 3 aromatic rings. The molecule has 1 N–H and O–H groups in total. The van der Waals surface area contributed by atoms with Crippen molar-refractivity contribution in [3.05, 3.63) is 54.1 Å². The number of rotatable bonds is 4. The summed E-state index contributed by atoms with van der Waals surface area (Å²) in [7, 11) is 0. The quantitative estimate of drug-likeness (QED) is 0.766. The zero-order valence-corrected chi connectivity index (χ0v) is 12.4. The molecule has 21 heavy (non-hydrogen) atoms. The Labute approximate surface area is 125 Å². The first-order chi connectivity index (χ1) is 10.3. The Morgan fingerprint density at radius 2 is 1.71 bits per heavy atom. The number of nitrogens with one attached hydrogen (secondary N) is 1. The maximum atomic E-state index is 4.81. The molecule has 0 bridgehead atoms. The molecule has 0 fully saturated rings. The largest absolute Gasteiger partial charge is 0.368 e. The highest BCUT2D eigenvalue weighted by Crippen LogP contribution is 2.27. The lowest BCUT2D eigenvalue weighted by atomic mass is 10.1. The Morgan fingerprint density at radius 1 is 0.952 bits per heavy atom. The Kier molecular flexibility index (Phi) is 3.82. The van der Waals surface area contributed by atoms with Gasteiger partial charge in [-0.25, -0.2) is 9.97 Å². The van der Waals surface area contributed by atoms with Crippen molar-refractivity contribution >= 4 is 16.9 Å². The van der Waals surface area contributed by atoms with Crippen LogP contribution in [-0.4, -0.2) is 16.5 Å². The average molecular weight is 277 g/mol. The van der Waals surface area contributed by atoms with Crippen LogP contribution in [0.5, 0.6) is 0 Å². The van der Waals surface area contributed by atoms with E-state index in [1.165, 1.54) is 5.56 Å². The smallest absolute Gasteiger partial charge is 0.153 e.